The van der Waals surface area contributed by atoms with Gasteiger partial charge in [-0.2, -0.15) is 0 Å². The van der Waals surface area contributed by atoms with Crippen LogP contribution >= 0.6 is 31.1 Å². The van der Waals surface area contributed by atoms with E-state index in [-0.39, 0.29) is 27.4 Å². The molecule has 3 aliphatic carbocycles. The van der Waals surface area contributed by atoms with E-state index in [0.29, 0.717) is 5.66 Å². The maximum atomic E-state index is 7.69. The minimum atomic E-state index is -0.969. The second kappa shape index (κ2) is 17.0. The van der Waals surface area contributed by atoms with Crippen LogP contribution in [0.2, 0.25) is 0 Å². The molecule has 0 amide bonds. The third-order valence-electron chi connectivity index (χ3n) is 12.3. The van der Waals surface area contributed by atoms with Crippen molar-refractivity contribution in [1.29, 1.82) is 0 Å². The summed E-state index contributed by atoms with van der Waals surface area (Å²) in [6.07, 6.45) is 18.2. The summed E-state index contributed by atoms with van der Waals surface area (Å²) in [4.78, 5) is 5.41. The molecule has 3 aromatic rings. The molecule has 0 bridgehead atoms. The maximum absolute atomic E-state index is 7.69. The van der Waals surface area contributed by atoms with Gasteiger partial charge < -0.3 is 9.80 Å². The smallest absolute Gasteiger partial charge is 0.325 e. The van der Waals surface area contributed by atoms with Crippen LogP contribution in [0.5, 0.6) is 0 Å². The molecule has 1 saturated heterocycles. The van der Waals surface area contributed by atoms with Gasteiger partial charge in [-0.3, -0.25) is 0 Å². The second-order valence-electron chi connectivity index (χ2n) is 16.3. The molecule has 1 aliphatic heterocycles. The summed E-state index contributed by atoms with van der Waals surface area (Å²) in [7, 11) is -0.299. The predicted octanol–water partition coefficient (Wildman–Crippen LogP) is 13.6. The van der Waals surface area contributed by atoms with Gasteiger partial charge in [-0.15, -0.1) is 0 Å². The molecule has 0 radical (unpaired) electrons. The summed E-state index contributed by atoms with van der Waals surface area (Å²) in [6.45, 7) is 15.6. The van der Waals surface area contributed by atoms with Gasteiger partial charge in [0.05, 0.1) is 0 Å². The molecule has 0 N–H and O–H groups in total. The van der Waals surface area contributed by atoms with Gasteiger partial charge >= 0.3 is 19.5 Å². The minimum absolute atomic E-state index is 0. The van der Waals surface area contributed by atoms with E-state index >= 15 is 0 Å². The number of alkyl halides is 2. The molecule has 1 atom stereocenters. The van der Waals surface area contributed by atoms with Gasteiger partial charge in [0, 0.05) is 35.7 Å². The van der Waals surface area contributed by atoms with Crippen molar-refractivity contribution in [2.75, 3.05) is 22.9 Å². The molecule has 276 valence electrons. The molecule has 4 aliphatic rings. The number of benzene rings is 3. The molecule has 52 heavy (non-hydrogen) atoms. The number of allylic oxidation sites excluding steroid dienone is 2. The topological polar surface area (TPSA) is 6.48 Å². The monoisotopic (exact) mass is 842 g/mol. The van der Waals surface area contributed by atoms with Crippen molar-refractivity contribution in [3.05, 3.63) is 111 Å². The van der Waals surface area contributed by atoms with Crippen LogP contribution in [0.15, 0.2) is 71.6 Å². The first kappa shape index (κ1) is 40.0. The van der Waals surface area contributed by atoms with Crippen molar-refractivity contribution in [2.45, 2.75) is 140 Å². The van der Waals surface area contributed by atoms with Gasteiger partial charge in [-0.05, 0) is 131 Å². The number of anilines is 2. The van der Waals surface area contributed by atoms with Gasteiger partial charge in [0.15, 0.2) is 0 Å². The molecule has 1 heterocycles. The van der Waals surface area contributed by atoms with Gasteiger partial charge in [-0.1, -0.05) is 135 Å². The van der Waals surface area contributed by atoms with Crippen LogP contribution in [0.3, 0.4) is 0 Å². The van der Waals surface area contributed by atoms with Crippen molar-refractivity contribution in [3.8, 4) is 0 Å². The Bertz CT molecular complexity index is 1660. The third kappa shape index (κ3) is 8.16. The molecular weight excluding hydrogens is 783 g/mol. The third-order valence-corrected chi connectivity index (χ3v) is 17.1. The molecule has 0 aromatic heterocycles. The van der Waals surface area contributed by atoms with Crippen LogP contribution in [0.25, 0.3) is 6.08 Å². The van der Waals surface area contributed by atoms with Crippen LogP contribution in [-0.4, -0.2) is 34.4 Å². The number of hydrogen-bond donors (Lipinski definition) is 0. The summed E-state index contributed by atoms with van der Waals surface area (Å²) in [5.74, 6) is 1.34. The normalized spacial score (nSPS) is 22.4. The Labute approximate surface area is 339 Å². The molecular formula is C46H59Cl2N2PRu+4. The van der Waals surface area contributed by atoms with E-state index in [1.807, 2.05) is 0 Å². The Morgan fingerprint density at radius 2 is 1.08 bits per heavy atom. The number of aryl methyl sites for hydroxylation is 6. The fraction of sp³-hybridized carbons (Fsp3) is 0.522. The average Bonchev–Trinajstić information content (AvgIpc) is 3.50. The Hall–Kier alpha value is -1.63. The van der Waals surface area contributed by atoms with Crippen molar-refractivity contribution < 1.29 is 19.5 Å². The summed E-state index contributed by atoms with van der Waals surface area (Å²) >= 11 is 15.4. The van der Waals surface area contributed by atoms with Gasteiger partial charge in [-0.25, -0.2) is 0 Å². The molecule has 0 spiro atoms. The zero-order valence-electron chi connectivity index (χ0n) is 32.4. The Kier molecular flexibility index (Phi) is 13.1. The van der Waals surface area contributed by atoms with E-state index < -0.39 is 4.33 Å². The Morgan fingerprint density at radius 3 is 1.52 bits per heavy atom. The Balaban J connectivity index is 0.00000464. The number of halogens is 2. The summed E-state index contributed by atoms with van der Waals surface area (Å²) in [5, 5.41) is 0. The first-order valence-electron chi connectivity index (χ1n) is 19.9. The van der Waals surface area contributed by atoms with Crippen LogP contribution in [0.1, 0.15) is 116 Å². The van der Waals surface area contributed by atoms with E-state index in [0.717, 1.165) is 42.8 Å². The molecule has 7 rings (SSSR count). The summed E-state index contributed by atoms with van der Waals surface area (Å²) < 4.78 is -0.969. The molecule has 3 aromatic carbocycles. The van der Waals surface area contributed by atoms with Crippen LogP contribution < -0.4 is 9.80 Å². The summed E-state index contributed by atoms with van der Waals surface area (Å²) in [6, 6.07) is 20.3. The number of rotatable bonds is 6. The molecule has 2 nitrogen and oxygen atoms in total. The maximum Gasteiger partial charge on any atom is 4.00 e. The van der Waals surface area contributed by atoms with Gasteiger partial charge in [0.2, 0.25) is 0 Å². The van der Waals surface area contributed by atoms with E-state index in [9.17, 15) is 0 Å². The molecule has 3 saturated carbocycles. The summed E-state index contributed by atoms with van der Waals surface area (Å²) in [5.41, 5.74) is 16.6. The molecule has 6 heteroatoms. The number of nitrogens with zero attached hydrogens (tertiary/aromatic N) is 2. The first-order chi connectivity index (χ1) is 24.5. The second-order valence-corrected chi connectivity index (χ2v) is 20.8. The van der Waals surface area contributed by atoms with Crippen LogP contribution in [0.4, 0.5) is 11.4 Å². The van der Waals surface area contributed by atoms with Crippen LogP contribution in [-0.2, 0) is 19.5 Å². The quantitative estimate of drug-likeness (QED) is 0.139. The van der Waals surface area contributed by atoms with Crippen molar-refractivity contribution in [3.63, 3.8) is 0 Å². The fourth-order valence-electron chi connectivity index (χ4n) is 10.5. The van der Waals surface area contributed by atoms with Crippen LogP contribution in [0, 0.1) is 41.5 Å². The van der Waals surface area contributed by atoms with E-state index in [1.54, 1.807) is 0 Å². The predicted molar refractivity (Wildman–Crippen MR) is 226 cm³/mol. The molecule has 4 fully saturated rings. The minimum Gasteiger partial charge on any atom is -0.325 e. The molecule has 1 unspecified atom stereocenters. The largest absolute Gasteiger partial charge is 4.00 e. The zero-order chi connectivity index (χ0) is 35.9. The van der Waals surface area contributed by atoms with E-state index in [1.165, 1.54) is 126 Å². The zero-order valence-corrected chi connectivity index (χ0v) is 36.5. The van der Waals surface area contributed by atoms with Crippen molar-refractivity contribution in [1.82, 2.24) is 0 Å². The average molecular weight is 843 g/mol. The Morgan fingerprint density at radius 1 is 0.635 bits per heavy atom. The van der Waals surface area contributed by atoms with Gasteiger partial charge in [0.25, 0.3) is 0 Å². The first-order valence-corrected chi connectivity index (χ1v) is 22.2. The van der Waals surface area contributed by atoms with Crippen molar-refractivity contribution in [2.24, 2.45) is 0 Å². The van der Waals surface area contributed by atoms with E-state index in [2.05, 4.69) is 112 Å². The SMILES string of the molecule is Cc1cc(C)c(N2CCN(c3c(C)cc(C)cc3C)C2=C2C(=Cc3ccccc3)C(Cl)(Cl)CCC2P(C2CCCCC2)C2CCCCC2)c(C)c1.[Ru+4]. The standard InChI is InChI=1S/C46H59Cl2N2P.Ru/c1-31-26-33(3)43(34(4)27-31)49-24-25-50(44-35(5)28-32(2)29-36(44)6)45(49)42-40(30-37-16-10-7-11-17-37)46(47,48)23-22-41(42)51(38-18-12-8-13-19-38)39-20-14-9-15-21-39;/h7,10-11,16-17,26-30,38-39,41H,8-9,12-15,18-25H2,1-6H3;/q;+4. The van der Waals surface area contributed by atoms with Gasteiger partial charge in [0.1, 0.15) is 10.2 Å². The van der Waals surface area contributed by atoms with Crippen molar-refractivity contribution >= 4 is 48.6 Å². The van der Waals surface area contributed by atoms with E-state index in [4.69, 9.17) is 23.2 Å². The number of hydrogen-bond acceptors (Lipinski definition) is 2. The fourth-order valence-corrected chi connectivity index (χ4v) is 15.5.